The highest BCUT2D eigenvalue weighted by Crippen LogP contribution is 2.29. The van der Waals surface area contributed by atoms with Crippen molar-refractivity contribution in [2.45, 2.75) is 32.6 Å². The molecule has 0 bridgehead atoms. The fourth-order valence-electron chi connectivity index (χ4n) is 2.23. The van der Waals surface area contributed by atoms with Crippen LogP contribution in [0.4, 0.5) is 11.4 Å². The highest BCUT2D eigenvalue weighted by atomic mass is 14.6. The van der Waals surface area contributed by atoms with Gasteiger partial charge in [0.15, 0.2) is 0 Å². The van der Waals surface area contributed by atoms with Crippen LogP contribution in [0, 0.1) is 0 Å². The minimum atomic E-state index is 0.800. The molecule has 0 radical (unpaired) electrons. The van der Waals surface area contributed by atoms with Gasteiger partial charge in [0.25, 0.3) is 0 Å². The minimum absolute atomic E-state index is 0.800. The van der Waals surface area contributed by atoms with Crippen molar-refractivity contribution in [2.24, 2.45) is 0 Å². The van der Waals surface area contributed by atoms with Crippen molar-refractivity contribution in [3.63, 3.8) is 0 Å². The van der Waals surface area contributed by atoms with Crippen molar-refractivity contribution < 1.29 is 0 Å². The molecule has 0 aliphatic carbocycles. The number of benzene rings is 2. The molecule has 0 saturated carbocycles. The van der Waals surface area contributed by atoms with Crippen LogP contribution in [0.5, 0.6) is 0 Å². The van der Waals surface area contributed by atoms with Crippen LogP contribution >= 0.6 is 0 Å². The highest BCUT2D eigenvalue weighted by Gasteiger charge is 2.05. The molecule has 2 heteroatoms. The van der Waals surface area contributed by atoms with E-state index in [-0.39, 0.29) is 0 Å². The minimum Gasteiger partial charge on any atom is -0.398 e. The average Bonchev–Trinajstić information content (AvgIpc) is 2.33. The second-order valence-corrected chi connectivity index (χ2v) is 4.54. The largest absolute Gasteiger partial charge is 0.398 e. The molecule has 0 aliphatic heterocycles. The van der Waals surface area contributed by atoms with Crippen LogP contribution in [-0.4, -0.2) is 0 Å². The number of hydrogen-bond acceptors (Lipinski definition) is 2. The summed E-state index contributed by atoms with van der Waals surface area (Å²) < 4.78 is 0. The lowest BCUT2D eigenvalue weighted by atomic mass is 9.99. The lowest BCUT2D eigenvalue weighted by Gasteiger charge is -2.10. The zero-order valence-electron chi connectivity index (χ0n) is 10.4. The summed E-state index contributed by atoms with van der Waals surface area (Å²) >= 11 is 0. The van der Waals surface area contributed by atoms with Crippen LogP contribution in [-0.2, 0) is 6.42 Å². The van der Waals surface area contributed by atoms with E-state index in [1.165, 1.54) is 24.8 Å². The van der Waals surface area contributed by atoms with Crippen molar-refractivity contribution in [3.8, 4) is 0 Å². The van der Waals surface area contributed by atoms with Gasteiger partial charge >= 0.3 is 0 Å². The van der Waals surface area contributed by atoms with Gasteiger partial charge in [-0.05, 0) is 24.5 Å². The maximum absolute atomic E-state index is 6.21. The molecular formula is C15H20N2. The summed E-state index contributed by atoms with van der Waals surface area (Å²) in [7, 11) is 0. The lowest BCUT2D eigenvalue weighted by molar-refractivity contribution is 0.718. The number of anilines is 2. The number of hydrogen-bond donors (Lipinski definition) is 2. The first-order valence-corrected chi connectivity index (χ1v) is 6.29. The lowest BCUT2D eigenvalue weighted by Crippen LogP contribution is -1.97. The molecule has 4 N–H and O–H groups in total. The Kier molecular flexibility index (Phi) is 3.52. The monoisotopic (exact) mass is 228 g/mol. The van der Waals surface area contributed by atoms with Gasteiger partial charge < -0.3 is 11.5 Å². The van der Waals surface area contributed by atoms with E-state index in [0.29, 0.717) is 0 Å². The Morgan fingerprint density at radius 3 is 2.53 bits per heavy atom. The maximum atomic E-state index is 6.21. The first-order chi connectivity index (χ1) is 8.24. The van der Waals surface area contributed by atoms with E-state index in [0.717, 1.165) is 28.6 Å². The van der Waals surface area contributed by atoms with Crippen LogP contribution in [0.2, 0.25) is 0 Å². The molecule has 0 fully saturated rings. The Morgan fingerprint density at radius 2 is 1.76 bits per heavy atom. The number of fused-ring (bicyclic) bond motifs is 1. The van der Waals surface area contributed by atoms with Crippen molar-refractivity contribution >= 4 is 22.1 Å². The molecule has 0 unspecified atom stereocenters. The molecule has 0 atom stereocenters. The topological polar surface area (TPSA) is 52.0 Å². The van der Waals surface area contributed by atoms with E-state index < -0.39 is 0 Å². The third-order valence-corrected chi connectivity index (χ3v) is 3.28. The fraction of sp³-hybridized carbons (Fsp3) is 0.333. The smallest absolute Gasteiger partial charge is 0.0427 e. The standard InChI is InChI=1S/C15H20N2/c1-2-3-4-6-11-9-10-12-13(15(11)17)7-5-8-14(12)16/h5,7-10H,2-4,6,16-17H2,1H3. The zero-order valence-corrected chi connectivity index (χ0v) is 10.4. The van der Waals surface area contributed by atoms with Crippen LogP contribution in [0.25, 0.3) is 10.8 Å². The molecule has 17 heavy (non-hydrogen) atoms. The van der Waals surface area contributed by atoms with E-state index in [9.17, 15) is 0 Å². The summed E-state index contributed by atoms with van der Waals surface area (Å²) in [6.45, 7) is 2.21. The van der Waals surface area contributed by atoms with E-state index in [1.54, 1.807) is 0 Å². The molecule has 2 aromatic rings. The third-order valence-electron chi connectivity index (χ3n) is 3.28. The third kappa shape index (κ3) is 2.36. The molecule has 2 rings (SSSR count). The molecular weight excluding hydrogens is 208 g/mol. The fourth-order valence-corrected chi connectivity index (χ4v) is 2.23. The van der Waals surface area contributed by atoms with E-state index in [4.69, 9.17) is 11.5 Å². The quantitative estimate of drug-likeness (QED) is 0.618. The van der Waals surface area contributed by atoms with Crippen LogP contribution in [0.3, 0.4) is 0 Å². The molecule has 2 aromatic carbocycles. The number of aryl methyl sites for hydroxylation is 1. The number of nitrogens with two attached hydrogens (primary N) is 2. The summed E-state index contributed by atoms with van der Waals surface area (Å²) in [6, 6.07) is 10.1. The number of nitrogen functional groups attached to an aromatic ring is 2. The van der Waals surface area contributed by atoms with Crippen molar-refractivity contribution in [1.82, 2.24) is 0 Å². The van der Waals surface area contributed by atoms with Gasteiger partial charge in [0.2, 0.25) is 0 Å². The summed E-state index contributed by atoms with van der Waals surface area (Å²) in [5.74, 6) is 0. The van der Waals surface area contributed by atoms with Crippen molar-refractivity contribution in [2.75, 3.05) is 11.5 Å². The SMILES string of the molecule is CCCCCc1ccc2c(N)cccc2c1N. The Balaban J connectivity index is 2.37. The molecule has 0 aliphatic rings. The predicted octanol–water partition coefficient (Wildman–Crippen LogP) is 3.74. The Bertz CT molecular complexity index is 518. The Labute approximate surface area is 103 Å². The average molecular weight is 228 g/mol. The molecule has 0 spiro atoms. The molecule has 2 nitrogen and oxygen atoms in total. The van der Waals surface area contributed by atoms with Gasteiger partial charge in [-0.1, -0.05) is 44.0 Å². The summed E-state index contributed by atoms with van der Waals surface area (Å²) in [5.41, 5.74) is 15.1. The molecule has 0 heterocycles. The summed E-state index contributed by atoms with van der Waals surface area (Å²) in [5, 5.41) is 2.14. The molecule has 0 amide bonds. The van der Waals surface area contributed by atoms with Gasteiger partial charge in [0.1, 0.15) is 0 Å². The number of rotatable bonds is 4. The summed E-state index contributed by atoms with van der Waals surface area (Å²) in [6.07, 6.45) is 4.76. The van der Waals surface area contributed by atoms with E-state index in [1.807, 2.05) is 18.2 Å². The summed E-state index contributed by atoms with van der Waals surface area (Å²) in [4.78, 5) is 0. The molecule has 0 aromatic heterocycles. The highest BCUT2D eigenvalue weighted by molar-refractivity contribution is 6.01. The first-order valence-electron chi connectivity index (χ1n) is 6.29. The Hall–Kier alpha value is -1.70. The number of unbranched alkanes of at least 4 members (excludes halogenated alkanes) is 2. The van der Waals surface area contributed by atoms with Crippen LogP contribution in [0.15, 0.2) is 30.3 Å². The van der Waals surface area contributed by atoms with Gasteiger partial charge in [-0.15, -0.1) is 0 Å². The van der Waals surface area contributed by atoms with Crippen molar-refractivity contribution in [1.29, 1.82) is 0 Å². The van der Waals surface area contributed by atoms with Gasteiger partial charge in [-0.3, -0.25) is 0 Å². The molecule has 0 saturated heterocycles. The van der Waals surface area contributed by atoms with Gasteiger partial charge in [-0.25, -0.2) is 0 Å². The van der Waals surface area contributed by atoms with Crippen LogP contribution in [0.1, 0.15) is 31.7 Å². The Morgan fingerprint density at radius 1 is 0.941 bits per heavy atom. The van der Waals surface area contributed by atoms with Crippen molar-refractivity contribution in [3.05, 3.63) is 35.9 Å². The normalized spacial score (nSPS) is 10.9. The van der Waals surface area contributed by atoms with Gasteiger partial charge in [-0.2, -0.15) is 0 Å². The maximum Gasteiger partial charge on any atom is 0.0427 e. The van der Waals surface area contributed by atoms with Gasteiger partial charge in [0, 0.05) is 22.1 Å². The predicted molar refractivity (Wildman–Crippen MR) is 76.0 cm³/mol. The molecule has 90 valence electrons. The second-order valence-electron chi connectivity index (χ2n) is 4.54. The van der Waals surface area contributed by atoms with E-state index in [2.05, 4.69) is 19.1 Å². The van der Waals surface area contributed by atoms with Crippen LogP contribution < -0.4 is 11.5 Å². The zero-order chi connectivity index (χ0) is 12.3. The first kappa shape index (κ1) is 11.8. The van der Waals surface area contributed by atoms with Gasteiger partial charge in [0.05, 0.1) is 0 Å². The van der Waals surface area contributed by atoms with E-state index >= 15 is 0 Å². The second kappa shape index (κ2) is 5.09.